The van der Waals surface area contributed by atoms with E-state index in [1.54, 1.807) is 29.8 Å². The number of carbonyl (C=O) groups excluding carboxylic acids is 3. The summed E-state index contributed by atoms with van der Waals surface area (Å²) in [5, 5.41) is 1.75. The molecule has 0 fully saturated rings. The van der Waals surface area contributed by atoms with E-state index in [0.717, 1.165) is 0 Å². The first-order chi connectivity index (χ1) is 16.2. The number of hydrogen-bond donors (Lipinski definition) is 0. The third-order valence-electron chi connectivity index (χ3n) is 5.52. The summed E-state index contributed by atoms with van der Waals surface area (Å²) in [6.45, 7) is 5.27. The van der Waals surface area contributed by atoms with Crippen molar-refractivity contribution >= 4 is 35.5 Å². The minimum Gasteiger partial charge on any atom is -0.449 e. The monoisotopic (exact) mass is 487 g/mol. The first kappa shape index (κ1) is 23.5. The van der Waals surface area contributed by atoms with Crippen LogP contribution in [0.25, 0.3) is 11.3 Å². The molecule has 0 aliphatic carbocycles. The summed E-state index contributed by atoms with van der Waals surface area (Å²) in [5.74, 6) is -1.25. The number of imidazole rings is 1. The van der Waals surface area contributed by atoms with Crippen LogP contribution in [0.3, 0.4) is 0 Å². The number of allylic oxidation sites excluding steroid dienone is 2. The molecule has 0 saturated carbocycles. The van der Waals surface area contributed by atoms with E-state index in [2.05, 4.69) is 0 Å². The van der Waals surface area contributed by atoms with Gasteiger partial charge in [0.2, 0.25) is 17.8 Å². The van der Waals surface area contributed by atoms with Crippen LogP contribution in [0.15, 0.2) is 47.8 Å². The molecule has 0 radical (unpaired) electrons. The van der Waals surface area contributed by atoms with Crippen LogP contribution in [0, 0.1) is 5.82 Å². The lowest BCUT2D eigenvalue weighted by Gasteiger charge is -2.36. The van der Waals surface area contributed by atoms with E-state index in [1.807, 2.05) is 0 Å². The molecule has 3 heterocycles. The quantitative estimate of drug-likeness (QED) is 0.659. The zero-order valence-electron chi connectivity index (χ0n) is 18.9. The summed E-state index contributed by atoms with van der Waals surface area (Å²) < 4.78 is 20.2. The highest BCUT2D eigenvalue weighted by Crippen LogP contribution is 2.41. The normalized spacial score (nSPS) is 17.4. The van der Waals surface area contributed by atoms with E-state index in [-0.39, 0.29) is 42.5 Å². The SMILES string of the molecule is CCOC(=O)N1C=CC(c2c(-c3ccc(F)cc3)nc3n2N(C(C)=O)CCN3C(C)=O)C(Cl)=C1. The minimum atomic E-state index is -0.609. The lowest BCUT2D eigenvalue weighted by Crippen LogP contribution is -2.52. The van der Waals surface area contributed by atoms with E-state index in [0.29, 0.717) is 17.0 Å². The largest absolute Gasteiger partial charge is 0.449 e. The van der Waals surface area contributed by atoms with Gasteiger partial charge in [0.05, 0.1) is 30.5 Å². The average Bonchev–Trinajstić information content (AvgIpc) is 3.18. The molecule has 0 saturated heterocycles. The Morgan fingerprint density at radius 2 is 1.85 bits per heavy atom. The van der Waals surface area contributed by atoms with Crippen molar-refractivity contribution < 1.29 is 23.5 Å². The van der Waals surface area contributed by atoms with Crippen LogP contribution < -0.4 is 9.91 Å². The Bertz CT molecular complexity index is 1210. The lowest BCUT2D eigenvalue weighted by molar-refractivity contribution is -0.119. The number of hydrogen-bond acceptors (Lipinski definition) is 5. The van der Waals surface area contributed by atoms with Crippen LogP contribution in [0.5, 0.6) is 0 Å². The predicted molar refractivity (Wildman–Crippen MR) is 124 cm³/mol. The van der Waals surface area contributed by atoms with Gasteiger partial charge in [-0.3, -0.25) is 19.4 Å². The van der Waals surface area contributed by atoms with Gasteiger partial charge in [-0.05, 0) is 31.2 Å². The van der Waals surface area contributed by atoms with Crippen LogP contribution in [-0.2, 0) is 14.3 Å². The molecule has 0 N–H and O–H groups in total. The third kappa shape index (κ3) is 4.16. The molecule has 4 rings (SSSR count). The van der Waals surface area contributed by atoms with E-state index in [1.165, 1.54) is 53.2 Å². The van der Waals surface area contributed by atoms with Crippen molar-refractivity contribution in [1.82, 2.24) is 14.6 Å². The summed E-state index contributed by atoms with van der Waals surface area (Å²) in [6.07, 6.45) is 4.05. The lowest BCUT2D eigenvalue weighted by atomic mass is 9.98. The summed E-state index contributed by atoms with van der Waals surface area (Å²) in [4.78, 5) is 44.5. The standard InChI is InChI=1S/C23H23ClFN5O4/c1-4-34-23(33)27-10-9-18(19(24)13-27)21-20(16-5-7-17(25)8-6-16)26-22-28(14(2)31)11-12-29(15(3)32)30(21)22/h5-10,13,18H,4,11-12H2,1-3H3. The maximum Gasteiger partial charge on any atom is 0.417 e. The Kier molecular flexibility index (Phi) is 6.43. The van der Waals surface area contributed by atoms with Crippen LogP contribution >= 0.6 is 11.6 Å². The number of fused-ring (bicyclic) bond motifs is 1. The molecule has 3 amide bonds. The summed E-state index contributed by atoms with van der Waals surface area (Å²) >= 11 is 6.64. The van der Waals surface area contributed by atoms with Gasteiger partial charge in [-0.25, -0.2) is 23.9 Å². The molecule has 11 heteroatoms. The smallest absolute Gasteiger partial charge is 0.417 e. The fourth-order valence-corrected chi connectivity index (χ4v) is 4.26. The zero-order valence-corrected chi connectivity index (χ0v) is 19.6. The number of nitrogens with zero attached hydrogens (tertiary/aromatic N) is 5. The number of rotatable bonds is 3. The molecule has 9 nitrogen and oxygen atoms in total. The molecule has 0 bridgehead atoms. The highest BCUT2D eigenvalue weighted by Gasteiger charge is 2.37. The number of ether oxygens (including phenoxy) is 1. The second-order valence-corrected chi connectivity index (χ2v) is 8.15. The highest BCUT2D eigenvalue weighted by atomic mass is 35.5. The van der Waals surface area contributed by atoms with Gasteiger partial charge in [-0.15, -0.1) is 0 Å². The van der Waals surface area contributed by atoms with Crippen molar-refractivity contribution in [3.05, 3.63) is 59.3 Å². The van der Waals surface area contributed by atoms with Crippen molar-refractivity contribution in [2.24, 2.45) is 0 Å². The van der Waals surface area contributed by atoms with Gasteiger partial charge in [0.15, 0.2) is 0 Å². The minimum absolute atomic E-state index is 0.206. The van der Waals surface area contributed by atoms with E-state index in [4.69, 9.17) is 21.3 Å². The first-order valence-corrected chi connectivity index (χ1v) is 11.1. The van der Waals surface area contributed by atoms with Crippen LogP contribution in [0.4, 0.5) is 15.1 Å². The molecule has 2 aliphatic rings. The van der Waals surface area contributed by atoms with Crippen molar-refractivity contribution in [1.29, 1.82) is 0 Å². The summed E-state index contributed by atoms with van der Waals surface area (Å²) in [5.41, 5.74) is 1.51. The molecule has 34 heavy (non-hydrogen) atoms. The van der Waals surface area contributed by atoms with Gasteiger partial charge in [-0.2, -0.15) is 0 Å². The fraction of sp³-hybridized carbons (Fsp3) is 0.304. The molecule has 178 valence electrons. The van der Waals surface area contributed by atoms with Crippen LogP contribution in [0.2, 0.25) is 0 Å². The van der Waals surface area contributed by atoms with E-state index < -0.39 is 17.8 Å². The summed E-state index contributed by atoms with van der Waals surface area (Å²) in [7, 11) is 0. The molecule has 2 aromatic rings. The predicted octanol–water partition coefficient (Wildman–Crippen LogP) is 3.69. The fourth-order valence-electron chi connectivity index (χ4n) is 3.98. The van der Waals surface area contributed by atoms with Gasteiger partial charge in [-0.1, -0.05) is 17.7 Å². The second-order valence-electron chi connectivity index (χ2n) is 7.72. The maximum atomic E-state index is 13.6. The third-order valence-corrected chi connectivity index (χ3v) is 5.86. The molecule has 0 spiro atoms. The average molecular weight is 488 g/mol. The molecule has 1 unspecified atom stereocenters. The number of carbonyl (C=O) groups is 3. The van der Waals surface area contributed by atoms with Crippen molar-refractivity contribution in [3.8, 4) is 11.3 Å². The van der Waals surface area contributed by atoms with Crippen molar-refractivity contribution in [3.63, 3.8) is 0 Å². The Hall–Kier alpha value is -3.66. The van der Waals surface area contributed by atoms with Gasteiger partial charge < -0.3 is 4.74 Å². The van der Waals surface area contributed by atoms with Gasteiger partial charge in [0, 0.05) is 43.4 Å². The zero-order chi connectivity index (χ0) is 24.6. The van der Waals surface area contributed by atoms with Crippen LogP contribution in [0.1, 0.15) is 32.4 Å². The second kappa shape index (κ2) is 9.30. The van der Waals surface area contributed by atoms with Crippen molar-refractivity contribution in [2.75, 3.05) is 29.6 Å². The maximum absolute atomic E-state index is 13.6. The number of anilines is 1. The topological polar surface area (TPSA) is 88.0 Å². The van der Waals surface area contributed by atoms with Crippen molar-refractivity contribution in [2.45, 2.75) is 26.7 Å². The number of aromatic nitrogens is 2. The molecular formula is C23H23ClFN5O4. The Morgan fingerprint density at radius 3 is 2.44 bits per heavy atom. The number of halogens is 2. The summed E-state index contributed by atoms with van der Waals surface area (Å²) in [6, 6.07) is 5.75. The molecular weight excluding hydrogens is 465 g/mol. The number of amides is 3. The van der Waals surface area contributed by atoms with E-state index >= 15 is 0 Å². The highest BCUT2D eigenvalue weighted by molar-refractivity contribution is 6.30. The molecule has 1 aromatic heterocycles. The Balaban J connectivity index is 1.92. The molecule has 2 aliphatic heterocycles. The van der Waals surface area contributed by atoms with E-state index in [9.17, 15) is 18.8 Å². The van der Waals surface area contributed by atoms with Crippen LogP contribution in [-0.4, -0.2) is 52.2 Å². The first-order valence-electron chi connectivity index (χ1n) is 10.7. The number of benzene rings is 1. The Morgan fingerprint density at radius 1 is 1.15 bits per heavy atom. The van der Waals surface area contributed by atoms with Gasteiger partial charge >= 0.3 is 6.09 Å². The molecule has 1 atom stereocenters. The Labute approximate surface area is 200 Å². The van der Waals surface area contributed by atoms with Gasteiger partial charge in [0.25, 0.3) is 0 Å². The molecule has 1 aromatic carbocycles. The van der Waals surface area contributed by atoms with Gasteiger partial charge in [0.1, 0.15) is 5.82 Å².